The molecule has 21 heavy (non-hydrogen) atoms. The van der Waals surface area contributed by atoms with E-state index in [1.807, 2.05) is 5.32 Å². The average molecular weight is 334 g/mol. The van der Waals surface area contributed by atoms with E-state index in [1.165, 1.54) is 0 Å². The molecule has 0 aliphatic rings. The van der Waals surface area contributed by atoms with Crippen LogP contribution in [0.2, 0.25) is 10.0 Å². The van der Waals surface area contributed by atoms with Crippen molar-refractivity contribution in [1.29, 1.82) is 0 Å². The number of carbonyl (C=O) groups excluding carboxylic acids is 3. The second-order valence-electron chi connectivity index (χ2n) is 3.81. The highest BCUT2D eigenvalue weighted by molar-refractivity contribution is 6.36. The molecule has 0 radical (unpaired) electrons. The van der Waals surface area contributed by atoms with E-state index in [9.17, 15) is 14.4 Å². The Balaban J connectivity index is 2.44. The van der Waals surface area contributed by atoms with Crippen molar-refractivity contribution in [2.75, 3.05) is 13.2 Å². The summed E-state index contributed by atoms with van der Waals surface area (Å²) in [6.45, 7) is 1.13. The van der Waals surface area contributed by atoms with Crippen molar-refractivity contribution in [2.45, 2.75) is 13.3 Å². The van der Waals surface area contributed by atoms with Crippen LogP contribution in [-0.4, -0.2) is 31.2 Å². The van der Waals surface area contributed by atoms with E-state index < -0.39 is 24.6 Å². The number of halogens is 2. The van der Waals surface area contributed by atoms with Crippen LogP contribution in [0.5, 0.6) is 0 Å². The van der Waals surface area contributed by atoms with Crippen LogP contribution in [0.1, 0.15) is 12.5 Å². The first-order chi connectivity index (χ1) is 9.93. The van der Waals surface area contributed by atoms with Crippen molar-refractivity contribution in [1.82, 2.24) is 5.32 Å². The van der Waals surface area contributed by atoms with Gasteiger partial charge in [-0.15, -0.1) is 0 Å². The molecular weight excluding hydrogens is 321 g/mol. The minimum Gasteiger partial charge on any atom is -0.455 e. The predicted octanol–water partition coefficient (Wildman–Crippen LogP) is 2.35. The smallest absolute Gasteiger partial charge is 0.413 e. The van der Waals surface area contributed by atoms with Gasteiger partial charge < -0.3 is 9.47 Å². The van der Waals surface area contributed by atoms with E-state index in [0.29, 0.717) is 15.6 Å². The number of rotatable bonds is 5. The maximum atomic E-state index is 11.6. The molecular formula is C13H13Cl2NO5. The first-order valence-electron chi connectivity index (χ1n) is 5.99. The molecule has 0 aromatic heterocycles. The molecule has 0 unspecified atom stereocenters. The van der Waals surface area contributed by atoms with Crippen LogP contribution in [0.25, 0.3) is 0 Å². The van der Waals surface area contributed by atoms with Gasteiger partial charge in [-0.1, -0.05) is 29.3 Å². The van der Waals surface area contributed by atoms with Crippen molar-refractivity contribution in [3.05, 3.63) is 33.8 Å². The van der Waals surface area contributed by atoms with Gasteiger partial charge in [0.2, 0.25) is 0 Å². The fourth-order valence-corrected chi connectivity index (χ4v) is 1.89. The van der Waals surface area contributed by atoms with E-state index in [1.54, 1.807) is 25.1 Å². The number of hydrogen-bond donors (Lipinski definition) is 1. The topological polar surface area (TPSA) is 81.7 Å². The van der Waals surface area contributed by atoms with Crippen molar-refractivity contribution < 1.29 is 23.9 Å². The second-order valence-corrected chi connectivity index (χ2v) is 4.62. The van der Waals surface area contributed by atoms with Crippen LogP contribution < -0.4 is 5.32 Å². The molecule has 0 fully saturated rings. The molecule has 1 aromatic rings. The lowest BCUT2D eigenvalue weighted by atomic mass is 10.1. The summed E-state index contributed by atoms with van der Waals surface area (Å²) in [7, 11) is 0. The number of ether oxygens (including phenoxy) is 2. The van der Waals surface area contributed by atoms with Crippen molar-refractivity contribution in [3.63, 3.8) is 0 Å². The number of hydrogen-bond acceptors (Lipinski definition) is 5. The number of nitrogens with one attached hydrogen (secondary N) is 1. The zero-order valence-electron chi connectivity index (χ0n) is 11.2. The van der Waals surface area contributed by atoms with Gasteiger partial charge in [-0.25, -0.2) is 4.79 Å². The Morgan fingerprint density at radius 1 is 1.14 bits per heavy atom. The molecule has 0 aliphatic heterocycles. The van der Waals surface area contributed by atoms with Gasteiger partial charge in [-0.2, -0.15) is 0 Å². The lowest BCUT2D eigenvalue weighted by Gasteiger charge is -2.08. The minimum absolute atomic E-state index is 0.129. The summed E-state index contributed by atoms with van der Waals surface area (Å²) in [5.74, 6) is -1.48. The van der Waals surface area contributed by atoms with Crippen LogP contribution in [0.15, 0.2) is 18.2 Å². The number of esters is 1. The summed E-state index contributed by atoms with van der Waals surface area (Å²) in [5.41, 5.74) is 0.414. The fraction of sp³-hybridized carbons (Fsp3) is 0.308. The third-order valence-electron chi connectivity index (χ3n) is 2.26. The molecule has 0 heterocycles. The van der Waals surface area contributed by atoms with Crippen molar-refractivity contribution in [3.8, 4) is 0 Å². The molecule has 0 atom stereocenters. The molecule has 6 nitrogen and oxygen atoms in total. The monoisotopic (exact) mass is 333 g/mol. The molecule has 1 aromatic carbocycles. The zero-order chi connectivity index (χ0) is 15.8. The van der Waals surface area contributed by atoms with E-state index in [0.717, 1.165) is 0 Å². The predicted molar refractivity (Wildman–Crippen MR) is 76.3 cm³/mol. The molecule has 114 valence electrons. The number of benzene rings is 1. The van der Waals surface area contributed by atoms with Crippen LogP contribution >= 0.6 is 23.2 Å². The molecule has 2 amide bonds. The molecule has 0 aliphatic carbocycles. The van der Waals surface area contributed by atoms with Crippen molar-refractivity contribution >= 4 is 41.2 Å². The van der Waals surface area contributed by atoms with E-state index in [4.69, 9.17) is 27.9 Å². The number of amides is 2. The zero-order valence-corrected chi connectivity index (χ0v) is 12.7. The maximum Gasteiger partial charge on any atom is 0.413 e. The lowest BCUT2D eigenvalue weighted by molar-refractivity contribution is -0.147. The van der Waals surface area contributed by atoms with Gasteiger partial charge in [0.1, 0.15) is 0 Å². The average Bonchev–Trinajstić information content (AvgIpc) is 2.41. The number of imide groups is 1. The van der Waals surface area contributed by atoms with Gasteiger partial charge in [0.05, 0.1) is 13.0 Å². The highest BCUT2D eigenvalue weighted by atomic mass is 35.5. The fourth-order valence-electron chi connectivity index (χ4n) is 1.36. The van der Waals surface area contributed by atoms with Gasteiger partial charge in [0.15, 0.2) is 6.61 Å². The summed E-state index contributed by atoms with van der Waals surface area (Å²) in [6, 6.07) is 4.82. The SMILES string of the molecule is CCOC(=O)NC(=O)COC(=O)Cc1c(Cl)cccc1Cl. The third kappa shape index (κ3) is 6.01. The summed E-state index contributed by atoms with van der Waals surface area (Å²) >= 11 is 11.8. The molecule has 1 rings (SSSR count). The molecule has 8 heteroatoms. The summed E-state index contributed by atoms with van der Waals surface area (Å²) in [6.07, 6.45) is -1.07. The van der Waals surface area contributed by atoms with Gasteiger partial charge in [-0.05, 0) is 19.1 Å². The van der Waals surface area contributed by atoms with Gasteiger partial charge in [0, 0.05) is 15.6 Å². The Kier molecular flexibility index (Phi) is 6.98. The Morgan fingerprint density at radius 3 is 2.33 bits per heavy atom. The highest BCUT2D eigenvalue weighted by Gasteiger charge is 2.14. The van der Waals surface area contributed by atoms with Gasteiger partial charge in [0.25, 0.3) is 5.91 Å². The van der Waals surface area contributed by atoms with Crippen LogP contribution in [0.3, 0.4) is 0 Å². The van der Waals surface area contributed by atoms with E-state index in [-0.39, 0.29) is 13.0 Å². The summed E-state index contributed by atoms with van der Waals surface area (Å²) < 4.78 is 9.22. The van der Waals surface area contributed by atoms with Crippen LogP contribution in [0, 0.1) is 0 Å². The van der Waals surface area contributed by atoms with Crippen LogP contribution in [-0.2, 0) is 25.5 Å². The lowest BCUT2D eigenvalue weighted by Crippen LogP contribution is -2.34. The highest BCUT2D eigenvalue weighted by Crippen LogP contribution is 2.24. The van der Waals surface area contributed by atoms with Crippen LogP contribution in [0.4, 0.5) is 4.79 Å². The minimum atomic E-state index is -0.896. The summed E-state index contributed by atoms with van der Waals surface area (Å²) in [4.78, 5) is 33.8. The van der Waals surface area contributed by atoms with Gasteiger partial charge in [-0.3, -0.25) is 14.9 Å². The third-order valence-corrected chi connectivity index (χ3v) is 2.97. The second kappa shape index (κ2) is 8.49. The first kappa shape index (κ1) is 17.3. The Bertz CT molecular complexity index is 527. The Morgan fingerprint density at radius 2 is 1.76 bits per heavy atom. The van der Waals surface area contributed by atoms with Crippen molar-refractivity contribution in [2.24, 2.45) is 0 Å². The largest absolute Gasteiger partial charge is 0.455 e. The normalized spacial score (nSPS) is 9.86. The number of carbonyl (C=O) groups is 3. The molecule has 0 spiro atoms. The molecule has 1 N–H and O–H groups in total. The van der Waals surface area contributed by atoms with E-state index >= 15 is 0 Å². The standard InChI is InChI=1S/C13H13Cl2NO5/c1-2-20-13(19)16-11(17)7-21-12(18)6-8-9(14)4-3-5-10(8)15/h3-5H,2,6-7H2,1H3,(H,16,17,19). The molecule has 0 bridgehead atoms. The number of alkyl carbamates (subject to hydrolysis) is 1. The van der Waals surface area contributed by atoms with Gasteiger partial charge >= 0.3 is 12.1 Å². The Labute approximate surface area is 131 Å². The molecule has 0 saturated heterocycles. The Hall–Kier alpha value is -1.79. The van der Waals surface area contributed by atoms with E-state index in [2.05, 4.69) is 4.74 Å². The molecule has 0 saturated carbocycles. The summed E-state index contributed by atoms with van der Waals surface area (Å²) in [5, 5.41) is 2.55. The quantitative estimate of drug-likeness (QED) is 0.836. The maximum absolute atomic E-state index is 11.6. The first-order valence-corrected chi connectivity index (χ1v) is 6.74.